The monoisotopic (exact) mass is 248 g/mol. The zero-order chi connectivity index (χ0) is 13.4. The van der Waals surface area contributed by atoms with Crippen molar-refractivity contribution in [3.05, 3.63) is 41.5 Å². The van der Waals surface area contributed by atoms with Crippen molar-refractivity contribution in [2.24, 2.45) is 0 Å². The molecule has 0 aliphatic carbocycles. The van der Waals surface area contributed by atoms with Crippen LogP contribution in [0, 0.1) is 0 Å². The lowest BCUT2D eigenvalue weighted by Crippen LogP contribution is -2.04. The lowest BCUT2D eigenvalue weighted by Gasteiger charge is -2.07. The van der Waals surface area contributed by atoms with Crippen LogP contribution < -0.4 is 4.74 Å². The summed E-state index contributed by atoms with van der Waals surface area (Å²) in [5.74, 6) is 0.456. The molecule has 0 aliphatic rings. The highest BCUT2D eigenvalue weighted by atomic mass is 16.5. The summed E-state index contributed by atoms with van der Waals surface area (Å²) in [6.45, 7) is 6.89. The van der Waals surface area contributed by atoms with E-state index in [1.54, 1.807) is 31.2 Å². The van der Waals surface area contributed by atoms with Crippen LogP contribution in [0.5, 0.6) is 5.75 Å². The second-order valence-corrected chi connectivity index (χ2v) is 3.99. The van der Waals surface area contributed by atoms with Crippen LogP contribution in [0.2, 0.25) is 0 Å². The van der Waals surface area contributed by atoms with Crippen molar-refractivity contribution in [3.8, 4) is 5.75 Å². The quantitative estimate of drug-likeness (QED) is 0.570. The summed E-state index contributed by atoms with van der Waals surface area (Å²) in [5, 5.41) is 0. The number of carbonyl (C=O) groups is 1. The van der Waals surface area contributed by atoms with Gasteiger partial charge in [0.2, 0.25) is 0 Å². The summed E-state index contributed by atoms with van der Waals surface area (Å²) < 4.78 is 10.5. The molecule has 0 aromatic heterocycles. The Kier molecular flexibility index (Phi) is 5.98. The fourth-order valence-electron chi connectivity index (χ4n) is 1.51. The number of benzene rings is 1. The van der Waals surface area contributed by atoms with Gasteiger partial charge < -0.3 is 9.47 Å². The highest BCUT2D eigenvalue weighted by Gasteiger charge is 2.05. The first-order valence-corrected chi connectivity index (χ1v) is 6.23. The van der Waals surface area contributed by atoms with Gasteiger partial charge in [-0.15, -0.1) is 0 Å². The first-order valence-electron chi connectivity index (χ1n) is 6.23. The van der Waals surface area contributed by atoms with Crippen LogP contribution >= 0.6 is 0 Å². The fraction of sp³-hybridized carbons (Fsp3) is 0.400. The molecule has 18 heavy (non-hydrogen) atoms. The molecule has 0 spiro atoms. The highest BCUT2D eigenvalue weighted by molar-refractivity contribution is 5.89. The highest BCUT2D eigenvalue weighted by Crippen LogP contribution is 2.14. The van der Waals surface area contributed by atoms with E-state index in [9.17, 15) is 4.79 Å². The molecule has 3 heteroatoms. The first-order chi connectivity index (χ1) is 8.67. The van der Waals surface area contributed by atoms with Crippen molar-refractivity contribution in [2.45, 2.75) is 27.2 Å². The minimum atomic E-state index is -0.300. The van der Waals surface area contributed by atoms with Gasteiger partial charge in [-0.3, -0.25) is 0 Å². The second kappa shape index (κ2) is 7.54. The lowest BCUT2D eigenvalue weighted by molar-refractivity contribution is 0.0526. The minimum absolute atomic E-state index is 0.300. The van der Waals surface area contributed by atoms with E-state index < -0.39 is 0 Å². The van der Waals surface area contributed by atoms with Crippen LogP contribution in [-0.4, -0.2) is 19.2 Å². The summed E-state index contributed by atoms with van der Waals surface area (Å²) >= 11 is 0. The summed E-state index contributed by atoms with van der Waals surface area (Å²) in [5.41, 5.74) is 1.75. The predicted molar refractivity (Wildman–Crippen MR) is 71.9 cm³/mol. The Hall–Kier alpha value is -1.77. The molecule has 0 radical (unpaired) electrons. The third kappa shape index (κ3) is 4.62. The van der Waals surface area contributed by atoms with Crippen LogP contribution in [0.4, 0.5) is 0 Å². The summed E-state index contributed by atoms with van der Waals surface area (Å²) in [4.78, 5) is 11.4. The molecule has 3 nitrogen and oxygen atoms in total. The van der Waals surface area contributed by atoms with E-state index in [2.05, 4.69) is 13.0 Å². The summed E-state index contributed by atoms with van der Waals surface area (Å²) in [6.07, 6.45) is 3.14. The Morgan fingerprint density at radius 1 is 1.22 bits per heavy atom. The Labute approximate surface area is 108 Å². The zero-order valence-electron chi connectivity index (χ0n) is 11.2. The molecular formula is C15H20O3. The third-order valence-corrected chi connectivity index (χ3v) is 2.38. The lowest BCUT2D eigenvalue weighted by atomic mass is 10.2. The molecule has 1 aromatic carbocycles. The smallest absolute Gasteiger partial charge is 0.338 e. The molecular weight excluding hydrogens is 228 g/mol. The first kappa shape index (κ1) is 14.3. The second-order valence-electron chi connectivity index (χ2n) is 3.99. The number of rotatable bonds is 6. The molecule has 0 saturated carbocycles. The van der Waals surface area contributed by atoms with Crippen molar-refractivity contribution < 1.29 is 14.3 Å². The summed E-state index contributed by atoms with van der Waals surface area (Å²) in [6, 6.07) is 7.00. The van der Waals surface area contributed by atoms with Crippen LogP contribution in [0.1, 0.15) is 37.6 Å². The third-order valence-electron chi connectivity index (χ3n) is 2.38. The topological polar surface area (TPSA) is 35.5 Å². The standard InChI is InChI=1S/C15H20O3/c1-4-6-12(3)11-18-14-9-7-13(8-10-14)15(16)17-5-2/h6-10H,4-5,11H2,1-3H3/b12-6-. The molecule has 0 bridgehead atoms. The molecule has 1 rings (SSSR count). The molecule has 0 saturated heterocycles. The van der Waals surface area contributed by atoms with Crippen LogP contribution in [0.3, 0.4) is 0 Å². The molecule has 1 aromatic rings. The predicted octanol–water partition coefficient (Wildman–Crippen LogP) is 3.60. The number of ether oxygens (including phenoxy) is 2. The van der Waals surface area contributed by atoms with E-state index in [1.807, 2.05) is 6.92 Å². The maximum absolute atomic E-state index is 11.4. The van der Waals surface area contributed by atoms with Crippen LogP contribution in [-0.2, 0) is 4.74 Å². The van der Waals surface area contributed by atoms with Gasteiger partial charge in [0.15, 0.2) is 0 Å². The van der Waals surface area contributed by atoms with Crippen molar-refractivity contribution in [3.63, 3.8) is 0 Å². The molecule has 0 N–H and O–H groups in total. The fourth-order valence-corrected chi connectivity index (χ4v) is 1.51. The summed E-state index contributed by atoms with van der Waals surface area (Å²) in [7, 11) is 0. The Morgan fingerprint density at radius 2 is 1.89 bits per heavy atom. The van der Waals surface area contributed by atoms with Gasteiger partial charge in [-0.2, -0.15) is 0 Å². The van der Waals surface area contributed by atoms with Gasteiger partial charge in [0, 0.05) is 0 Å². The number of hydrogen-bond donors (Lipinski definition) is 0. The van der Waals surface area contributed by atoms with E-state index >= 15 is 0 Å². The van der Waals surface area contributed by atoms with Gasteiger partial charge in [-0.1, -0.05) is 13.0 Å². The number of hydrogen-bond acceptors (Lipinski definition) is 3. The van der Waals surface area contributed by atoms with Crippen molar-refractivity contribution in [1.82, 2.24) is 0 Å². The van der Waals surface area contributed by atoms with E-state index in [0.717, 1.165) is 12.2 Å². The molecule has 0 unspecified atom stereocenters. The maximum atomic E-state index is 11.4. The molecule has 0 fully saturated rings. The number of carbonyl (C=O) groups excluding carboxylic acids is 1. The van der Waals surface area contributed by atoms with Crippen molar-refractivity contribution in [1.29, 1.82) is 0 Å². The van der Waals surface area contributed by atoms with Crippen molar-refractivity contribution in [2.75, 3.05) is 13.2 Å². The minimum Gasteiger partial charge on any atom is -0.489 e. The van der Waals surface area contributed by atoms with Gasteiger partial charge in [-0.05, 0) is 50.1 Å². The van der Waals surface area contributed by atoms with Gasteiger partial charge >= 0.3 is 5.97 Å². The van der Waals surface area contributed by atoms with E-state index in [4.69, 9.17) is 9.47 Å². The van der Waals surface area contributed by atoms with Crippen LogP contribution in [0.15, 0.2) is 35.9 Å². The Balaban J connectivity index is 2.55. The molecule has 0 amide bonds. The van der Waals surface area contributed by atoms with E-state index in [1.165, 1.54) is 5.57 Å². The molecule has 0 heterocycles. The molecule has 0 atom stereocenters. The average Bonchev–Trinajstić information content (AvgIpc) is 2.37. The van der Waals surface area contributed by atoms with Gasteiger partial charge in [0.05, 0.1) is 12.2 Å². The van der Waals surface area contributed by atoms with E-state index in [-0.39, 0.29) is 5.97 Å². The van der Waals surface area contributed by atoms with E-state index in [0.29, 0.717) is 18.8 Å². The van der Waals surface area contributed by atoms with Crippen molar-refractivity contribution >= 4 is 5.97 Å². The largest absolute Gasteiger partial charge is 0.489 e. The number of allylic oxidation sites excluding steroid dienone is 1. The van der Waals surface area contributed by atoms with Gasteiger partial charge in [0.25, 0.3) is 0 Å². The number of esters is 1. The van der Waals surface area contributed by atoms with Gasteiger partial charge in [-0.25, -0.2) is 4.79 Å². The van der Waals surface area contributed by atoms with Gasteiger partial charge in [0.1, 0.15) is 12.4 Å². The maximum Gasteiger partial charge on any atom is 0.338 e. The Bertz CT molecular complexity index is 404. The SMILES string of the molecule is CC/C=C(/C)COc1ccc(C(=O)OCC)cc1. The molecule has 0 aliphatic heterocycles. The normalized spacial score (nSPS) is 11.2. The molecule has 98 valence electrons. The zero-order valence-corrected chi connectivity index (χ0v) is 11.2. The average molecular weight is 248 g/mol. The Morgan fingerprint density at radius 3 is 2.44 bits per heavy atom. The van der Waals surface area contributed by atoms with Crippen LogP contribution in [0.25, 0.3) is 0 Å².